The van der Waals surface area contributed by atoms with Gasteiger partial charge in [0.25, 0.3) is 5.91 Å². The van der Waals surface area contributed by atoms with Gasteiger partial charge in [-0.1, -0.05) is 45.0 Å². The Morgan fingerprint density at radius 2 is 1.84 bits per heavy atom. The van der Waals surface area contributed by atoms with Gasteiger partial charge in [-0.15, -0.1) is 0 Å². The maximum absolute atomic E-state index is 12.9. The number of ketones is 1. The third kappa shape index (κ3) is 3.37. The van der Waals surface area contributed by atoms with Crippen molar-refractivity contribution >= 4 is 17.4 Å². The van der Waals surface area contributed by atoms with Crippen LogP contribution >= 0.6 is 0 Å². The second-order valence-electron chi connectivity index (χ2n) is 6.96. The highest BCUT2D eigenvalue weighted by atomic mass is 16.2. The molecule has 1 aliphatic carbocycles. The lowest BCUT2D eigenvalue weighted by atomic mass is 9.93. The number of benzene rings is 2. The van der Waals surface area contributed by atoms with Crippen molar-refractivity contribution in [2.45, 2.75) is 46.5 Å². The van der Waals surface area contributed by atoms with E-state index in [9.17, 15) is 9.59 Å². The molecule has 1 amide bonds. The van der Waals surface area contributed by atoms with Gasteiger partial charge >= 0.3 is 0 Å². The number of nitrogens with one attached hydrogen (secondary N) is 1. The highest BCUT2D eigenvalue weighted by molar-refractivity contribution is 6.11. The Morgan fingerprint density at radius 3 is 2.56 bits per heavy atom. The van der Waals surface area contributed by atoms with Crippen molar-refractivity contribution in [2.75, 3.05) is 5.32 Å². The highest BCUT2D eigenvalue weighted by Crippen LogP contribution is 2.28. The number of carbonyl (C=O) groups excluding carboxylic acids is 2. The van der Waals surface area contributed by atoms with Crippen LogP contribution in [0.2, 0.25) is 0 Å². The van der Waals surface area contributed by atoms with Gasteiger partial charge in [-0.25, -0.2) is 0 Å². The first-order valence-electron chi connectivity index (χ1n) is 9.11. The summed E-state index contributed by atoms with van der Waals surface area (Å²) in [5.74, 6) is -0.153. The fraction of sp³-hybridized carbons (Fsp3) is 0.364. The van der Waals surface area contributed by atoms with Crippen molar-refractivity contribution in [1.29, 1.82) is 0 Å². The molecule has 3 nitrogen and oxygen atoms in total. The molecular weight excluding hydrogens is 310 g/mol. The summed E-state index contributed by atoms with van der Waals surface area (Å²) < 4.78 is 0. The van der Waals surface area contributed by atoms with Crippen LogP contribution in [-0.2, 0) is 19.3 Å². The molecule has 0 unspecified atom stereocenters. The monoisotopic (exact) mass is 335 g/mol. The van der Waals surface area contributed by atoms with Crippen molar-refractivity contribution < 1.29 is 9.59 Å². The molecule has 0 heterocycles. The average molecular weight is 335 g/mol. The first kappa shape index (κ1) is 17.4. The van der Waals surface area contributed by atoms with Crippen LogP contribution in [0, 0.1) is 5.92 Å². The summed E-state index contributed by atoms with van der Waals surface area (Å²) in [5.41, 5.74) is 5.42. The molecule has 2 aromatic rings. The Morgan fingerprint density at radius 1 is 1.08 bits per heavy atom. The fourth-order valence-electron chi connectivity index (χ4n) is 3.60. The Kier molecular flexibility index (Phi) is 5.03. The lowest BCUT2D eigenvalue weighted by molar-refractivity contribution is 0.0939. The lowest BCUT2D eigenvalue weighted by Crippen LogP contribution is -2.19. The zero-order chi connectivity index (χ0) is 18.0. The van der Waals surface area contributed by atoms with Gasteiger partial charge in [0.15, 0.2) is 5.78 Å². The maximum atomic E-state index is 12.9. The highest BCUT2D eigenvalue weighted by Gasteiger charge is 2.22. The second kappa shape index (κ2) is 7.22. The van der Waals surface area contributed by atoms with E-state index in [1.54, 1.807) is 0 Å². The predicted molar refractivity (Wildman–Crippen MR) is 101 cm³/mol. The van der Waals surface area contributed by atoms with E-state index in [-0.39, 0.29) is 17.6 Å². The van der Waals surface area contributed by atoms with E-state index in [1.165, 1.54) is 5.56 Å². The first-order valence-corrected chi connectivity index (χ1v) is 9.11. The number of rotatable bonds is 5. The van der Waals surface area contributed by atoms with Crippen LogP contribution in [-0.4, -0.2) is 11.7 Å². The molecule has 130 valence electrons. The molecule has 0 bridgehead atoms. The van der Waals surface area contributed by atoms with Gasteiger partial charge in [0, 0.05) is 17.0 Å². The zero-order valence-corrected chi connectivity index (χ0v) is 15.2. The van der Waals surface area contributed by atoms with E-state index >= 15 is 0 Å². The molecule has 0 atom stereocenters. The van der Waals surface area contributed by atoms with Crippen LogP contribution in [0.1, 0.15) is 64.6 Å². The number of fused-ring (bicyclic) bond motifs is 1. The molecule has 0 aliphatic heterocycles. The van der Waals surface area contributed by atoms with Gasteiger partial charge in [-0.2, -0.15) is 0 Å². The minimum atomic E-state index is -0.121. The topological polar surface area (TPSA) is 46.2 Å². The van der Waals surface area contributed by atoms with Gasteiger partial charge in [-0.3, -0.25) is 9.59 Å². The Balaban J connectivity index is 1.97. The van der Waals surface area contributed by atoms with Crippen LogP contribution in [0.3, 0.4) is 0 Å². The molecule has 2 aromatic carbocycles. The molecule has 0 aromatic heterocycles. The van der Waals surface area contributed by atoms with Crippen LogP contribution in [0.15, 0.2) is 36.4 Å². The minimum absolute atomic E-state index is 0.0750. The second-order valence-corrected chi connectivity index (χ2v) is 6.96. The zero-order valence-electron chi connectivity index (χ0n) is 15.2. The minimum Gasteiger partial charge on any atom is -0.321 e. The van der Waals surface area contributed by atoms with E-state index in [1.807, 2.05) is 51.1 Å². The molecule has 0 spiro atoms. The number of Topliss-reactive ketones (excluding diaryl/α,β-unsaturated/α-hetero) is 1. The maximum Gasteiger partial charge on any atom is 0.255 e. The van der Waals surface area contributed by atoms with Crippen LogP contribution in [0.5, 0.6) is 0 Å². The SMILES string of the molecule is CCc1cccc(NC(=O)c2cccc3c2CCC3)c1C(=O)C(C)C. The van der Waals surface area contributed by atoms with Crippen LogP contribution in [0.4, 0.5) is 5.69 Å². The molecule has 0 fully saturated rings. The third-order valence-corrected chi connectivity index (χ3v) is 4.94. The largest absolute Gasteiger partial charge is 0.321 e. The van der Waals surface area contributed by atoms with Gasteiger partial charge in [0.05, 0.1) is 5.69 Å². The fourth-order valence-corrected chi connectivity index (χ4v) is 3.60. The lowest BCUT2D eigenvalue weighted by Gasteiger charge is -2.16. The molecular formula is C22H25NO2. The number of amides is 1. The van der Waals surface area contributed by atoms with Gasteiger partial charge < -0.3 is 5.32 Å². The Bertz CT molecular complexity index is 821. The van der Waals surface area contributed by atoms with E-state index in [0.29, 0.717) is 11.3 Å². The van der Waals surface area contributed by atoms with Crippen LogP contribution < -0.4 is 5.32 Å². The number of anilines is 1. The molecule has 1 N–H and O–H groups in total. The smallest absolute Gasteiger partial charge is 0.255 e. The van der Waals surface area contributed by atoms with E-state index < -0.39 is 0 Å². The van der Waals surface area contributed by atoms with Gasteiger partial charge in [0.1, 0.15) is 0 Å². The standard InChI is InChI=1S/C22H25NO2/c1-4-15-8-7-13-19(20(15)21(24)14(2)3)23-22(25)18-12-6-10-16-9-5-11-17(16)18/h6-8,10,12-14H,4-5,9,11H2,1-3H3,(H,23,25). The summed E-state index contributed by atoms with van der Waals surface area (Å²) >= 11 is 0. The number of carbonyl (C=O) groups is 2. The number of aryl methyl sites for hydroxylation is 2. The van der Waals surface area contributed by atoms with E-state index in [2.05, 4.69) is 11.4 Å². The Labute approximate surface area is 149 Å². The summed E-state index contributed by atoms with van der Waals surface area (Å²) in [6, 6.07) is 11.6. The van der Waals surface area contributed by atoms with Crippen molar-refractivity contribution in [1.82, 2.24) is 0 Å². The Hall–Kier alpha value is -2.42. The summed E-state index contributed by atoms with van der Waals surface area (Å²) in [7, 11) is 0. The normalized spacial score (nSPS) is 13.0. The average Bonchev–Trinajstić information content (AvgIpc) is 3.09. The molecule has 0 saturated carbocycles. The van der Waals surface area contributed by atoms with Crippen LogP contribution in [0.25, 0.3) is 0 Å². The summed E-state index contributed by atoms with van der Waals surface area (Å²) in [4.78, 5) is 25.6. The van der Waals surface area contributed by atoms with E-state index in [0.717, 1.165) is 42.4 Å². The molecule has 0 saturated heterocycles. The summed E-state index contributed by atoms with van der Waals surface area (Å²) in [5, 5.41) is 3.01. The van der Waals surface area contributed by atoms with E-state index in [4.69, 9.17) is 0 Å². The van der Waals surface area contributed by atoms with Gasteiger partial charge in [-0.05, 0) is 54.5 Å². The van der Waals surface area contributed by atoms with Crippen molar-refractivity contribution in [3.63, 3.8) is 0 Å². The van der Waals surface area contributed by atoms with Crippen molar-refractivity contribution in [2.24, 2.45) is 5.92 Å². The van der Waals surface area contributed by atoms with Crippen molar-refractivity contribution in [3.8, 4) is 0 Å². The third-order valence-electron chi connectivity index (χ3n) is 4.94. The van der Waals surface area contributed by atoms with Gasteiger partial charge in [0.2, 0.25) is 0 Å². The first-order chi connectivity index (χ1) is 12.0. The molecule has 25 heavy (non-hydrogen) atoms. The molecule has 3 heteroatoms. The summed E-state index contributed by atoms with van der Waals surface area (Å²) in [6.07, 6.45) is 3.85. The molecule has 0 radical (unpaired) electrons. The molecule has 1 aliphatic rings. The number of hydrogen-bond acceptors (Lipinski definition) is 2. The number of hydrogen-bond donors (Lipinski definition) is 1. The van der Waals surface area contributed by atoms with Crippen molar-refractivity contribution in [3.05, 3.63) is 64.2 Å². The summed E-state index contributed by atoms with van der Waals surface area (Å²) in [6.45, 7) is 5.82. The molecule has 3 rings (SSSR count). The quantitative estimate of drug-likeness (QED) is 0.796. The predicted octanol–water partition coefficient (Wildman–Crippen LogP) is 4.83.